The normalized spacial score (nSPS) is 23.2. The van der Waals surface area contributed by atoms with E-state index in [4.69, 9.17) is 4.74 Å². The summed E-state index contributed by atoms with van der Waals surface area (Å²) in [6, 6.07) is 9.16. The van der Waals surface area contributed by atoms with Crippen LogP contribution in [-0.4, -0.2) is 66.4 Å². The zero-order valence-corrected chi connectivity index (χ0v) is 14.5. The molecular formula is C16H20N4O3S. The van der Waals surface area contributed by atoms with Gasteiger partial charge in [0.05, 0.1) is 6.61 Å². The fourth-order valence-corrected chi connectivity index (χ4v) is 3.81. The predicted octanol–water partition coefficient (Wildman–Crippen LogP) is 1.11. The van der Waals surface area contributed by atoms with E-state index in [9.17, 15) is 9.59 Å². The number of thioether (sulfide) groups is 1. The summed E-state index contributed by atoms with van der Waals surface area (Å²) in [6.45, 7) is 1.03. The number of hydrogen-bond acceptors (Lipinski definition) is 6. The van der Waals surface area contributed by atoms with Gasteiger partial charge in [0, 0.05) is 26.5 Å². The van der Waals surface area contributed by atoms with Crippen molar-refractivity contribution in [3.8, 4) is 0 Å². The molecular weight excluding hydrogens is 328 g/mol. The molecule has 1 N–H and O–H groups in total. The number of aliphatic imine (C=N–C) groups is 1. The molecule has 2 atom stereocenters. The standard InChI is InChI=1S/C16H20N4O3S/c1-19-13-12(14(21)18-15(19)22)20(8-9-23-2)16(17-13)24-10-11-6-4-3-5-7-11/h3-7,12-13H,8-10H2,1-2H3,(H,18,21,22). The summed E-state index contributed by atoms with van der Waals surface area (Å²) in [5.41, 5.74) is 1.18. The van der Waals surface area contributed by atoms with Crippen molar-refractivity contribution in [2.24, 2.45) is 4.99 Å². The summed E-state index contributed by atoms with van der Waals surface area (Å²) in [5, 5.41) is 3.15. The van der Waals surface area contributed by atoms with Gasteiger partial charge in [0.1, 0.15) is 0 Å². The van der Waals surface area contributed by atoms with Crippen LogP contribution in [0.1, 0.15) is 5.56 Å². The van der Waals surface area contributed by atoms with Gasteiger partial charge in [-0.05, 0) is 5.56 Å². The molecule has 8 heteroatoms. The quantitative estimate of drug-likeness (QED) is 0.863. The Morgan fingerprint density at radius 1 is 1.29 bits per heavy atom. The Morgan fingerprint density at radius 2 is 2.04 bits per heavy atom. The minimum Gasteiger partial charge on any atom is -0.383 e. The van der Waals surface area contributed by atoms with E-state index >= 15 is 0 Å². The topological polar surface area (TPSA) is 74.2 Å². The second-order valence-corrected chi connectivity index (χ2v) is 6.58. The van der Waals surface area contributed by atoms with E-state index in [2.05, 4.69) is 22.4 Å². The molecule has 2 unspecified atom stereocenters. The number of carbonyl (C=O) groups excluding carboxylic acids is 2. The molecule has 0 radical (unpaired) electrons. The van der Waals surface area contributed by atoms with E-state index in [-0.39, 0.29) is 5.91 Å². The fourth-order valence-electron chi connectivity index (χ4n) is 2.77. The zero-order chi connectivity index (χ0) is 17.1. The Balaban J connectivity index is 1.79. The summed E-state index contributed by atoms with van der Waals surface area (Å²) in [5.74, 6) is 0.445. The van der Waals surface area contributed by atoms with E-state index < -0.39 is 18.2 Å². The molecule has 2 aliphatic rings. The molecule has 1 aromatic carbocycles. The summed E-state index contributed by atoms with van der Waals surface area (Å²) in [7, 11) is 3.28. The number of likely N-dealkylation sites (N-methyl/N-ethyl adjacent to an activating group) is 1. The van der Waals surface area contributed by atoms with Crippen LogP contribution in [0.25, 0.3) is 0 Å². The Labute approximate surface area is 145 Å². The number of benzene rings is 1. The van der Waals surface area contributed by atoms with Gasteiger partial charge in [-0.3, -0.25) is 10.1 Å². The van der Waals surface area contributed by atoms with Gasteiger partial charge in [-0.25, -0.2) is 9.79 Å². The van der Waals surface area contributed by atoms with Gasteiger partial charge in [0.25, 0.3) is 5.91 Å². The van der Waals surface area contributed by atoms with E-state index in [1.54, 1.807) is 25.9 Å². The summed E-state index contributed by atoms with van der Waals surface area (Å²) in [6.07, 6.45) is -0.485. The van der Waals surface area contributed by atoms with Gasteiger partial charge in [-0.1, -0.05) is 42.1 Å². The maximum atomic E-state index is 12.3. The molecule has 0 spiro atoms. The Morgan fingerprint density at radius 3 is 2.75 bits per heavy atom. The smallest absolute Gasteiger partial charge is 0.325 e. The third-order valence-electron chi connectivity index (χ3n) is 4.07. The number of carbonyl (C=O) groups is 2. The lowest BCUT2D eigenvalue weighted by molar-refractivity contribution is -0.127. The second-order valence-electron chi connectivity index (χ2n) is 5.64. The summed E-state index contributed by atoms with van der Waals surface area (Å²) in [4.78, 5) is 32.2. The first-order valence-corrected chi connectivity index (χ1v) is 8.68. The first-order valence-electron chi connectivity index (χ1n) is 7.69. The average Bonchev–Trinajstić information content (AvgIpc) is 2.96. The van der Waals surface area contributed by atoms with Gasteiger partial charge in [-0.2, -0.15) is 0 Å². The van der Waals surface area contributed by atoms with Crippen molar-refractivity contribution in [1.82, 2.24) is 15.1 Å². The molecule has 0 aromatic heterocycles. The minimum atomic E-state index is -0.499. The minimum absolute atomic E-state index is 0.307. The number of ether oxygens (including phenoxy) is 1. The highest BCUT2D eigenvalue weighted by Gasteiger charge is 2.48. The molecule has 128 valence electrons. The zero-order valence-electron chi connectivity index (χ0n) is 13.6. The van der Waals surface area contributed by atoms with Crippen molar-refractivity contribution in [3.05, 3.63) is 35.9 Å². The fraction of sp³-hybridized carbons (Fsp3) is 0.438. The lowest BCUT2D eigenvalue weighted by atomic mass is 10.1. The van der Waals surface area contributed by atoms with Gasteiger partial charge in [0.2, 0.25) is 0 Å². The van der Waals surface area contributed by atoms with E-state index in [1.165, 1.54) is 10.5 Å². The van der Waals surface area contributed by atoms with Crippen LogP contribution in [0.4, 0.5) is 4.79 Å². The molecule has 2 heterocycles. The predicted molar refractivity (Wildman–Crippen MR) is 92.6 cm³/mol. The van der Waals surface area contributed by atoms with Crippen molar-refractivity contribution in [3.63, 3.8) is 0 Å². The molecule has 3 amide bonds. The van der Waals surface area contributed by atoms with Crippen LogP contribution in [0, 0.1) is 0 Å². The number of urea groups is 1. The van der Waals surface area contributed by atoms with Crippen molar-refractivity contribution >= 4 is 28.9 Å². The Hall–Kier alpha value is -2.06. The van der Waals surface area contributed by atoms with Crippen LogP contribution in [-0.2, 0) is 15.3 Å². The van der Waals surface area contributed by atoms with Gasteiger partial charge < -0.3 is 14.5 Å². The molecule has 1 saturated heterocycles. The first-order chi connectivity index (χ1) is 11.6. The number of amides is 3. The number of hydrogen-bond donors (Lipinski definition) is 1. The van der Waals surface area contributed by atoms with Gasteiger partial charge in [0.15, 0.2) is 17.4 Å². The van der Waals surface area contributed by atoms with Crippen LogP contribution in [0.3, 0.4) is 0 Å². The number of fused-ring (bicyclic) bond motifs is 1. The number of methoxy groups -OCH3 is 1. The van der Waals surface area contributed by atoms with Crippen LogP contribution in [0.2, 0.25) is 0 Å². The maximum Gasteiger partial charge on any atom is 0.325 e. The van der Waals surface area contributed by atoms with Crippen molar-refractivity contribution in [2.45, 2.75) is 18.0 Å². The number of nitrogens with one attached hydrogen (secondary N) is 1. The Bertz CT molecular complexity index is 652. The highest BCUT2D eigenvalue weighted by Crippen LogP contribution is 2.29. The largest absolute Gasteiger partial charge is 0.383 e. The van der Waals surface area contributed by atoms with Gasteiger partial charge >= 0.3 is 6.03 Å². The molecule has 2 aliphatic heterocycles. The number of imide groups is 1. The number of nitrogens with zero attached hydrogens (tertiary/aromatic N) is 3. The molecule has 0 bridgehead atoms. The molecule has 7 nitrogen and oxygen atoms in total. The number of rotatable bonds is 5. The van der Waals surface area contributed by atoms with Crippen molar-refractivity contribution < 1.29 is 14.3 Å². The van der Waals surface area contributed by atoms with Crippen LogP contribution in [0.15, 0.2) is 35.3 Å². The lowest BCUT2D eigenvalue weighted by Gasteiger charge is -2.36. The van der Waals surface area contributed by atoms with E-state index in [0.29, 0.717) is 13.2 Å². The van der Waals surface area contributed by atoms with Gasteiger partial charge in [-0.15, -0.1) is 0 Å². The second kappa shape index (κ2) is 7.23. The highest BCUT2D eigenvalue weighted by atomic mass is 32.2. The van der Waals surface area contributed by atoms with E-state index in [0.717, 1.165) is 10.9 Å². The third kappa shape index (κ3) is 3.25. The molecule has 1 fully saturated rings. The average molecular weight is 348 g/mol. The Kier molecular flexibility index (Phi) is 5.06. The van der Waals surface area contributed by atoms with Crippen LogP contribution < -0.4 is 5.32 Å². The number of amidine groups is 1. The first kappa shape index (κ1) is 16.8. The molecule has 3 rings (SSSR count). The highest BCUT2D eigenvalue weighted by molar-refractivity contribution is 8.13. The maximum absolute atomic E-state index is 12.3. The third-order valence-corrected chi connectivity index (χ3v) is 5.15. The van der Waals surface area contributed by atoms with Crippen LogP contribution >= 0.6 is 11.8 Å². The summed E-state index contributed by atoms with van der Waals surface area (Å²) < 4.78 is 5.16. The summed E-state index contributed by atoms with van der Waals surface area (Å²) >= 11 is 1.57. The van der Waals surface area contributed by atoms with Crippen molar-refractivity contribution in [1.29, 1.82) is 0 Å². The monoisotopic (exact) mass is 348 g/mol. The SMILES string of the molecule is COCCN1C(SCc2ccccc2)=NC2C1C(=O)NC(=O)N2C. The molecule has 0 aliphatic carbocycles. The van der Waals surface area contributed by atoms with Crippen molar-refractivity contribution in [2.75, 3.05) is 27.3 Å². The van der Waals surface area contributed by atoms with E-state index in [1.807, 2.05) is 23.1 Å². The molecule has 0 saturated carbocycles. The van der Waals surface area contributed by atoms with Crippen LogP contribution in [0.5, 0.6) is 0 Å². The molecule has 1 aromatic rings. The molecule has 24 heavy (non-hydrogen) atoms. The lowest BCUT2D eigenvalue weighted by Crippen LogP contribution is -2.63.